The van der Waals surface area contributed by atoms with Crippen LogP contribution in [0.4, 0.5) is 10.8 Å². The summed E-state index contributed by atoms with van der Waals surface area (Å²) in [7, 11) is 0. The second-order valence-electron chi connectivity index (χ2n) is 7.64. The Labute approximate surface area is 169 Å². The number of carbonyl (C=O) groups is 2. The molecule has 0 radical (unpaired) electrons. The molecule has 1 aliphatic carbocycles. The van der Waals surface area contributed by atoms with Crippen molar-refractivity contribution in [1.29, 1.82) is 0 Å². The molecule has 1 aliphatic rings. The topological polar surface area (TPSA) is 120 Å². The molecule has 2 aromatic heterocycles. The number of benzene rings is 1. The van der Waals surface area contributed by atoms with E-state index in [-0.39, 0.29) is 16.9 Å². The van der Waals surface area contributed by atoms with Gasteiger partial charge in [0.25, 0.3) is 11.6 Å². The normalized spacial score (nSPS) is 15.0. The first-order valence-corrected chi connectivity index (χ1v) is 9.67. The SMILES string of the molecule is CC1(C)CC(=O)c2sc(NC(=O)c3cnn(-c4ccc([N+](=O)[O-])cc4)c3)nc2C1. The fourth-order valence-corrected chi connectivity index (χ4v) is 4.17. The van der Waals surface area contributed by atoms with Gasteiger partial charge in [0.15, 0.2) is 10.9 Å². The first kappa shape index (κ1) is 18.9. The maximum Gasteiger partial charge on any atom is 0.269 e. The Hall–Kier alpha value is -3.40. The van der Waals surface area contributed by atoms with Crippen LogP contribution in [0.25, 0.3) is 5.69 Å². The van der Waals surface area contributed by atoms with Gasteiger partial charge in [0.1, 0.15) is 0 Å². The summed E-state index contributed by atoms with van der Waals surface area (Å²) < 4.78 is 1.46. The lowest BCUT2D eigenvalue weighted by Crippen LogP contribution is -2.26. The number of non-ortho nitro benzene ring substituents is 1. The highest BCUT2D eigenvalue weighted by Crippen LogP contribution is 2.38. The molecule has 148 valence electrons. The highest BCUT2D eigenvalue weighted by atomic mass is 32.1. The number of amides is 1. The van der Waals surface area contributed by atoms with Gasteiger partial charge in [0, 0.05) is 24.8 Å². The van der Waals surface area contributed by atoms with Crippen LogP contribution in [-0.4, -0.2) is 31.4 Å². The summed E-state index contributed by atoms with van der Waals surface area (Å²) in [6.07, 6.45) is 4.09. The van der Waals surface area contributed by atoms with Crippen LogP contribution in [0.5, 0.6) is 0 Å². The molecule has 29 heavy (non-hydrogen) atoms. The quantitative estimate of drug-likeness (QED) is 0.517. The van der Waals surface area contributed by atoms with E-state index in [1.165, 1.54) is 40.5 Å². The van der Waals surface area contributed by atoms with E-state index in [0.29, 0.717) is 34.1 Å². The summed E-state index contributed by atoms with van der Waals surface area (Å²) in [6.45, 7) is 4.05. The monoisotopic (exact) mass is 411 g/mol. The molecule has 1 N–H and O–H groups in total. The highest BCUT2D eigenvalue weighted by Gasteiger charge is 2.34. The fourth-order valence-electron chi connectivity index (χ4n) is 3.25. The van der Waals surface area contributed by atoms with Crippen molar-refractivity contribution in [3.8, 4) is 5.69 Å². The predicted molar refractivity (Wildman–Crippen MR) is 107 cm³/mol. The second kappa shape index (κ2) is 6.89. The summed E-state index contributed by atoms with van der Waals surface area (Å²) in [4.78, 5) is 40.2. The van der Waals surface area contributed by atoms with Crippen molar-refractivity contribution in [2.45, 2.75) is 26.7 Å². The minimum Gasteiger partial charge on any atom is -0.298 e. The van der Waals surface area contributed by atoms with Crippen LogP contribution in [0.2, 0.25) is 0 Å². The van der Waals surface area contributed by atoms with E-state index < -0.39 is 10.8 Å². The molecule has 0 saturated carbocycles. The van der Waals surface area contributed by atoms with Crippen LogP contribution in [0.1, 0.15) is 46.0 Å². The number of nitro groups is 1. The number of nitrogens with one attached hydrogen (secondary N) is 1. The first-order valence-electron chi connectivity index (χ1n) is 8.86. The molecule has 4 rings (SSSR count). The fraction of sp³-hybridized carbons (Fsp3) is 0.263. The third-order valence-corrected chi connectivity index (χ3v) is 5.68. The number of ketones is 1. The molecule has 0 fully saturated rings. The minimum atomic E-state index is -0.481. The van der Waals surface area contributed by atoms with E-state index in [1.807, 2.05) is 13.8 Å². The Morgan fingerprint density at radius 2 is 2.00 bits per heavy atom. The van der Waals surface area contributed by atoms with Gasteiger partial charge in [0.2, 0.25) is 0 Å². The lowest BCUT2D eigenvalue weighted by molar-refractivity contribution is -0.384. The number of hydrogen-bond acceptors (Lipinski definition) is 7. The number of aromatic nitrogens is 3. The van der Waals surface area contributed by atoms with Gasteiger partial charge in [-0.25, -0.2) is 9.67 Å². The van der Waals surface area contributed by atoms with Crippen LogP contribution < -0.4 is 5.32 Å². The molecule has 0 unspecified atom stereocenters. The third-order valence-electron chi connectivity index (χ3n) is 4.63. The van der Waals surface area contributed by atoms with Crippen molar-refractivity contribution in [1.82, 2.24) is 14.8 Å². The molecule has 2 heterocycles. The van der Waals surface area contributed by atoms with E-state index >= 15 is 0 Å². The van der Waals surface area contributed by atoms with Crippen LogP contribution in [0.3, 0.4) is 0 Å². The number of carbonyl (C=O) groups excluding carboxylic acids is 2. The third kappa shape index (κ3) is 3.79. The zero-order chi connectivity index (χ0) is 20.8. The number of rotatable bonds is 4. The van der Waals surface area contributed by atoms with Gasteiger partial charge in [-0.1, -0.05) is 25.2 Å². The average molecular weight is 411 g/mol. The first-order chi connectivity index (χ1) is 13.7. The van der Waals surface area contributed by atoms with Crippen molar-refractivity contribution < 1.29 is 14.5 Å². The molecule has 0 bridgehead atoms. The maximum absolute atomic E-state index is 12.6. The smallest absolute Gasteiger partial charge is 0.269 e. The number of fused-ring (bicyclic) bond motifs is 1. The van der Waals surface area contributed by atoms with Crippen LogP contribution in [0.15, 0.2) is 36.7 Å². The van der Waals surface area contributed by atoms with Gasteiger partial charge in [-0.2, -0.15) is 5.10 Å². The molecule has 10 heteroatoms. The van der Waals surface area contributed by atoms with Gasteiger partial charge < -0.3 is 0 Å². The molecular weight excluding hydrogens is 394 g/mol. The predicted octanol–water partition coefficient (Wildman–Crippen LogP) is 3.64. The number of nitro benzene ring substituents is 1. The molecule has 1 amide bonds. The Bertz CT molecular complexity index is 1130. The second-order valence-corrected chi connectivity index (χ2v) is 8.64. The van der Waals surface area contributed by atoms with Gasteiger partial charge in [0.05, 0.1) is 32.9 Å². The van der Waals surface area contributed by atoms with Crippen molar-refractivity contribution >= 4 is 33.8 Å². The lowest BCUT2D eigenvalue weighted by Gasteiger charge is -2.26. The lowest BCUT2D eigenvalue weighted by atomic mass is 9.78. The van der Waals surface area contributed by atoms with Crippen LogP contribution >= 0.6 is 11.3 Å². The van der Waals surface area contributed by atoms with Crippen molar-refractivity contribution in [2.24, 2.45) is 5.41 Å². The standard InChI is InChI=1S/C19H17N5O4S/c1-19(2)7-14-16(15(25)8-19)29-18(21-14)22-17(26)11-9-20-23(10-11)12-3-5-13(6-4-12)24(27)28/h3-6,9-10H,7-8H2,1-2H3,(H,21,22,26). The summed E-state index contributed by atoms with van der Waals surface area (Å²) in [5.74, 6) is -0.337. The summed E-state index contributed by atoms with van der Waals surface area (Å²) >= 11 is 1.19. The Morgan fingerprint density at radius 1 is 1.28 bits per heavy atom. The molecule has 0 atom stereocenters. The van der Waals surface area contributed by atoms with Gasteiger partial charge in [-0.3, -0.25) is 25.0 Å². The molecule has 3 aromatic rings. The highest BCUT2D eigenvalue weighted by molar-refractivity contribution is 7.17. The number of thiazole rings is 1. The van der Waals surface area contributed by atoms with Crippen LogP contribution in [0, 0.1) is 15.5 Å². The van der Waals surface area contributed by atoms with Crippen molar-refractivity contribution in [2.75, 3.05) is 5.32 Å². The molecule has 0 saturated heterocycles. The molecule has 9 nitrogen and oxygen atoms in total. The average Bonchev–Trinajstić information content (AvgIpc) is 3.28. The zero-order valence-corrected chi connectivity index (χ0v) is 16.5. The summed E-state index contributed by atoms with van der Waals surface area (Å²) in [5, 5.41) is 18.0. The Kier molecular flexibility index (Phi) is 4.50. The number of anilines is 1. The molecule has 0 spiro atoms. The van der Waals surface area contributed by atoms with Gasteiger partial charge in [-0.05, 0) is 24.0 Å². The van der Waals surface area contributed by atoms with E-state index in [2.05, 4.69) is 15.4 Å². The van der Waals surface area contributed by atoms with Crippen molar-refractivity contribution in [3.63, 3.8) is 0 Å². The maximum atomic E-state index is 12.6. The number of Topliss-reactive ketones (excluding diaryl/α,β-unsaturated/α-hetero) is 1. The van der Waals surface area contributed by atoms with E-state index in [9.17, 15) is 19.7 Å². The number of nitrogens with zero attached hydrogens (tertiary/aromatic N) is 4. The van der Waals surface area contributed by atoms with E-state index in [1.54, 1.807) is 12.1 Å². The summed E-state index contributed by atoms with van der Waals surface area (Å²) in [6, 6.07) is 5.84. The van der Waals surface area contributed by atoms with Crippen molar-refractivity contribution in [3.05, 3.63) is 62.9 Å². The molecule has 1 aromatic carbocycles. The van der Waals surface area contributed by atoms with Gasteiger partial charge >= 0.3 is 0 Å². The Morgan fingerprint density at radius 3 is 2.69 bits per heavy atom. The van der Waals surface area contributed by atoms with Gasteiger partial charge in [-0.15, -0.1) is 0 Å². The van der Waals surface area contributed by atoms with Crippen LogP contribution in [-0.2, 0) is 6.42 Å². The van der Waals surface area contributed by atoms with E-state index in [0.717, 1.165) is 5.69 Å². The minimum absolute atomic E-state index is 0.0238. The molecule has 0 aliphatic heterocycles. The zero-order valence-electron chi connectivity index (χ0n) is 15.7. The Balaban J connectivity index is 1.50. The summed E-state index contributed by atoms with van der Waals surface area (Å²) in [5.41, 5.74) is 1.47. The largest absolute Gasteiger partial charge is 0.298 e. The van der Waals surface area contributed by atoms with E-state index in [4.69, 9.17) is 0 Å². The number of hydrogen-bond donors (Lipinski definition) is 1. The molecular formula is C19H17N5O4S.